The summed E-state index contributed by atoms with van der Waals surface area (Å²) in [6.07, 6.45) is 3.60. The van der Waals surface area contributed by atoms with E-state index in [1.165, 1.54) is 24.3 Å². The molecule has 0 radical (unpaired) electrons. The van der Waals surface area contributed by atoms with Crippen LogP contribution in [0.5, 0.6) is 0 Å². The van der Waals surface area contributed by atoms with E-state index < -0.39 is 16.0 Å². The number of nitrogens with one attached hydrogen (secondary N) is 2. The number of sulfonamides is 1. The number of aliphatic carboxylic acids is 1. The third-order valence-electron chi connectivity index (χ3n) is 2.80. The minimum Gasteiger partial charge on any atom is -0.481 e. The Morgan fingerprint density at radius 2 is 2.00 bits per heavy atom. The summed E-state index contributed by atoms with van der Waals surface area (Å²) in [5.41, 5.74) is 0.553. The van der Waals surface area contributed by atoms with Gasteiger partial charge in [-0.15, -0.1) is 0 Å². The van der Waals surface area contributed by atoms with Crippen LogP contribution in [0.4, 0.5) is 0 Å². The Morgan fingerprint density at radius 3 is 2.57 bits per heavy atom. The minimum absolute atomic E-state index is 0.107. The van der Waals surface area contributed by atoms with E-state index in [-0.39, 0.29) is 17.9 Å². The second-order valence-electron chi connectivity index (χ2n) is 4.40. The number of aromatic nitrogens is 2. The minimum atomic E-state index is -3.60. The zero-order chi connectivity index (χ0) is 15.3. The lowest BCUT2D eigenvalue weighted by Gasteiger charge is -2.06. The summed E-state index contributed by atoms with van der Waals surface area (Å²) in [5, 5.41) is 8.66. The van der Waals surface area contributed by atoms with Crippen LogP contribution in [0.15, 0.2) is 41.6 Å². The molecule has 0 bridgehead atoms. The summed E-state index contributed by atoms with van der Waals surface area (Å²) in [5.74, 6) is -0.253. The van der Waals surface area contributed by atoms with Gasteiger partial charge in [-0.25, -0.2) is 18.1 Å². The maximum absolute atomic E-state index is 12.0. The Hall–Kier alpha value is -2.19. The quantitative estimate of drug-likeness (QED) is 0.692. The van der Waals surface area contributed by atoms with Gasteiger partial charge in [0.1, 0.15) is 5.82 Å². The number of carboxylic acid groups (broad SMARTS) is 1. The fraction of sp³-hybridized carbons (Fsp3) is 0.231. The van der Waals surface area contributed by atoms with Crippen molar-refractivity contribution in [2.24, 2.45) is 0 Å². The van der Waals surface area contributed by atoms with Gasteiger partial charge in [-0.05, 0) is 17.7 Å². The van der Waals surface area contributed by atoms with Crippen LogP contribution in [0.3, 0.4) is 0 Å². The Kier molecular flexibility index (Phi) is 4.71. The number of imidazole rings is 1. The van der Waals surface area contributed by atoms with Gasteiger partial charge in [0, 0.05) is 25.4 Å². The lowest BCUT2D eigenvalue weighted by atomic mass is 10.2. The first kappa shape index (κ1) is 15.2. The Balaban J connectivity index is 1.96. The maximum Gasteiger partial charge on any atom is 0.307 e. The van der Waals surface area contributed by atoms with E-state index in [0.29, 0.717) is 17.8 Å². The van der Waals surface area contributed by atoms with E-state index in [4.69, 9.17) is 5.11 Å². The molecule has 0 saturated carbocycles. The second kappa shape index (κ2) is 6.51. The van der Waals surface area contributed by atoms with Gasteiger partial charge < -0.3 is 10.1 Å². The van der Waals surface area contributed by atoms with Crippen LogP contribution in [-0.4, -0.2) is 36.0 Å². The first-order chi connectivity index (χ1) is 9.97. The van der Waals surface area contributed by atoms with Gasteiger partial charge in [0.25, 0.3) is 0 Å². The summed E-state index contributed by atoms with van der Waals surface area (Å²) in [6.45, 7) is 0.229. The average molecular weight is 309 g/mol. The molecule has 0 amide bonds. The number of carbonyl (C=O) groups is 1. The molecule has 0 saturated heterocycles. The van der Waals surface area contributed by atoms with E-state index in [0.717, 1.165) is 0 Å². The highest BCUT2D eigenvalue weighted by molar-refractivity contribution is 7.89. The third kappa shape index (κ3) is 4.40. The van der Waals surface area contributed by atoms with Crippen molar-refractivity contribution >= 4 is 16.0 Å². The first-order valence-corrected chi connectivity index (χ1v) is 7.74. The summed E-state index contributed by atoms with van der Waals surface area (Å²) >= 11 is 0. The molecule has 7 nitrogen and oxygen atoms in total. The van der Waals surface area contributed by atoms with Crippen molar-refractivity contribution in [1.29, 1.82) is 0 Å². The maximum atomic E-state index is 12.0. The molecule has 0 atom stereocenters. The normalized spacial score (nSPS) is 11.4. The number of hydrogen-bond donors (Lipinski definition) is 3. The molecule has 0 unspecified atom stereocenters. The van der Waals surface area contributed by atoms with Crippen molar-refractivity contribution in [3.63, 3.8) is 0 Å². The highest BCUT2D eigenvalue weighted by Gasteiger charge is 2.13. The van der Waals surface area contributed by atoms with Crippen molar-refractivity contribution in [2.45, 2.75) is 17.7 Å². The smallest absolute Gasteiger partial charge is 0.307 e. The van der Waals surface area contributed by atoms with Crippen LogP contribution in [-0.2, 0) is 27.7 Å². The summed E-state index contributed by atoms with van der Waals surface area (Å²) in [7, 11) is -3.60. The predicted molar refractivity (Wildman–Crippen MR) is 75.3 cm³/mol. The van der Waals surface area contributed by atoms with Gasteiger partial charge in [0.2, 0.25) is 10.0 Å². The number of aromatic amines is 1. The molecule has 8 heteroatoms. The van der Waals surface area contributed by atoms with Crippen LogP contribution in [0.25, 0.3) is 0 Å². The number of nitrogens with zero attached hydrogens (tertiary/aromatic N) is 1. The van der Waals surface area contributed by atoms with Crippen LogP contribution in [0, 0.1) is 0 Å². The molecule has 0 spiro atoms. The van der Waals surface area contributed by atoms with Gasteiger partial charge in [-0.2, -0.15) is 0 Å². The molecule has 0 aliphatic rings. The summed E-state index contributed by atoms with van der Waals surface area (Å²) in [4.78, 5) is 17.6. The number of carboxylic acids is 1. The molecule has 1 heterocycles. The third-order valence-corrected chi connectivity index (χ3v) is 4.27. The lowest BCUT2D eigenvalue weighted by Crippen LogP contribution is -2.26. The zero-order valence-electron chi connectivity index (χ0n) is 11.1. The highest BCUT2D eigenvalue weighted by atomic mass is 32.2. The topological polar surface area (TPSA) is 112 Å². The van der Waals surface area contributed by atoms with E-state index in [1.807, 2.05) is 0 Å². The SMILES string of the molecule is O=C(O)Cc1ccc(S(=O)(=O)NCCc2ncc[nH]2)cc1. The summed E-state index contributed by atoms with van der Waals surface area (Å²) in [6, 6.07) is 5.78. The highest BCUT2D eigenvalue weighted by Crippen LogP contribution is 2.11. The van der Waals surface area contributed by atoms with Crippen LogP contribution < -0.4 is 4.72 Å². The first-order valence-electron chi connectivity index (χ1n) is 6.26. The van der Waals surface area contributed by atoms with Gasteiger partial charge in [0.15, 0.2) is 0 Å². The predicted octanol–water partition coefficient (Wildman–Crippen LogP) is 0.558. The molecule has 2 aromatic rings. The monoisotopic (exact) mass is 309 g/mol. The fourth-order valence-corrected chi connectivity index (χ4v) is 2.81. The molecule has 1 aromatic heterocycles. The molecule has 0 fully saturated rings. The molecule has 1 aromatic carbocycles. The second-order valence-corrected chi connectivity index (χ2v) is 6.17. The van der Waals surface area contributed by atoms with Gasteiger partial charge in [-0.1, -0.05) is 12.1 Å². The van der Waals surface area contributed by atoms with Crippen molar-refractivity contribution in [3.05, 3.63) is 48.0 Å². The van der Waals surface area contributed by atoms with Crippen molar-refractivity contribution in [1.82, 2.24) is 14.7 Å². The van der Waals surface area contributed by atoms with E-state index in [9.17, 15) is 13.2 Å². The number of rotatable bonds is 7. The fourth-order valence-electron chi connectivity index (χ4n) is 1.78. The van der Waals surface area contributed by atoms with Gasteiger partial charge in [-0.3, -0.25) is 4.79 Å². The summed E-state index contributed by atoms with van der Waals surface area (Å²) < 4.78 is 26.5. The molecule has 0 aliphatic heterocycles. The molecule has 0 aliphatic carbocycles. The van der Waals surface area contributed by atoms with E-state index in [1.54, 1.807) is 12.4 Å². The molecule has 21 heavy (non-hydrogen) atoms. The Bertz CT molecular complexity index is 694. The number of benzene rings is 1. The standard InChI is InChI=1S/C13H15N3O4S/c17-13(18)9-10-1-3-11(4-2-10)21(19,20)16-6-5-12-14-7-8-15-12/h1-4,7-8,16H,5-6,9H2,(H,14,15)(H,17,18). The van der Waals surface area contributed by atoms with Gasteiger partial charge >= 0.3 is 5.97 Å². The van der Waals surface area contributed by atoms with Crippen LogP contribution >= 0.6 is 0 Å². The molecular weight excluding hydrogens is 294 g/mol. The molecule has 112 valence electrons. The Labute approximate surface area is 122 Å². The zero-order valence-corrected chi connectivity index (χ0v) is 11.9. The number of hydrogen-bond acceptors (Lipinski definition) is 4. The molecule has 2 rings (SSSR count). The van der Waals surface area contributed by atoms with Crippen LogP contribution in [0.1, 0.15) is 11.4 Å². The van der Waals surface area contributed by atoms with E-state index >= 15 is 0 Å². The average Bonchev–Trinajstić information content (AvgIpc) is 2.91. The molecular formula is C13H15N3O4S. The lowest BCUT2D eigenvalue weighted by molar-refractivity contribution is -0.136. The van der Waals surface area contributed by atoms with Crippen molar-refractivity contribution < 1.29 is 18.3 Å². The Morgan fingerprint density at radius 1 is 1.29 bits per heavy atom. The van der Waals surface area contributed by atoms with E-state index in [2.05, 4.69) is 14.7 Å². The van der Waals surface area contributed by atoms with Crippen molar-refractivity contribution in [2.75, 3.05) is 6.54 Å². The van der Waals surface area contributed by atoms with Crippen molar-refractivity contribution in [3.8, 4) is 0 Å². The van der Waals surface area contributed by atoms with Crippen LogP contribution in [0.2, 0.25) is 0 Å². The molecule has 3 N–H and O–H groups in total. The van der Waals surface area contributed by atoms with Gasteiger partial charge in [0.05, 0.1) is 11.3 Å². The number of H-pyrrole nitrogens is 1. The largest absolute Gasteiger partial charge is 0.481 e.